The van der Waals surface area contributed by atoms with Crippen molar-refractivity contribution in [3.8, 4) is 0 Å². The van der Waals surface area contributed by atoms with E-state index in [-0.39, 0.29) is 11.3 Å². The largest absolute Gasteiger partial charge is 0.395 e. The van der Waals surface area contributed by atoms with Crippen molar-refractivity contribution < 1.29 is 4.79 Å². The monoisotopic (exact) mass is 252 g/mol. The second kappa shape index (κ2) is 5.42. The van der Waals surface area contributed by atoms with Crippen molar-refractivity contribution >= 4 is 11.6 Å². The maximum atomic E-state index is 12.2. The van der Waals surface area contributed by atoms with Crippen LogP contribution in [0, 0.1) is 12.3 Å². The predicted molar refractivity (Wildman–Crippen MR) is 73.5 cm³/mol. The number of nitrogens with one attached hydrogen (secondary N) is 1. The van der Waals surface area contributed by atoms with E-state index in [2.05, 4.69) is 31.2 Å². The van der Waals surface area contributed by atoms with Crippen LogP contribution in [0.3, 0.4) is 0 Å². The van der Waals surface area contributed by atoms with Gasteiger partial charge in [0.05, 0.1) is 11.4 Å². The van der Waals surface area contributed by atoms with Crippen LogP contribution in [-0.2, 0) is 6.54 Å². The van der Waals surface area contributed by atoms with E-state index in [9.17, 15) is 4.79 Å². The standard InChI is InChI=1S/C13H24N4O/c1-6-13(4,5)8-15-12(18)11-10(14)9(3)16-17(11)7-2/h6-8,14H2,1-5H3,(H,15,18). The third kappa shape index (κ3) is 3.03. The van der Waals surface area contributed by atoms with Crippen molar-refractivity contribution in [2.45, 2.75) is 47.6 Å². The number of hydrogen-bond acceptors (Lipinski definition) is 3. The Bertz CT molecular complexity index is 434. The first kappa shape index (κ1) is 14.5. The number of aryl methyl sites for hydroxylation is 2. The number of anilines is 1. The molecule has 1 heterocycles. The van der Waals surface area contributed by atoms with Crippen LogP contribution in [0.2, 0.25) is 0 Å². The summed E-state index contributed by atoms with van der Waals surface area (Å²) < 4.78 is 1.65. The Morgan fingerprint density at radius 1 is 1.44 bits per heavy atom. The van der Waals surface area contributed by atoms with Crippen molar-refractivity contribution in [1.82, 2.24) is 15.1 Å². The van der Waals surface area contributed by atoms with Gasteiger partial charge in [-0.3, -0.25) is 9.48 Å². The van der Waals surface area contributed by atoms with Crippen LogP contribution < -0.4 is 11.1 Å². The van der Waals surface area contributed by atoms with E-state index in [0.29, 0.717) is 30.2 Å². The number of amides is 1. The van der Waals surface area contributed by atoms with Crippen molar-refractivity contribution in [3.63, 3.8) is 0 Å². The SMILES string of the molecule is CCn1nc(C)c(N)c1C(=O)NCC(C)(C)CC. The zero-order valence-corrected chi connectivity index (χ0v) is 12.0. The Morgan fingerprint density at radius 2 is 2.06 bits per heavy atom. The molecule has 102 valence electrons. The van der Waals surface area contributed by atoms with Crippen LogP contribution in [0.4, 0.5) is 5.69 Å². The molecule has 0 saturated carbocycles. The second-order valence-corrected chi connectivity index (χ2v) is 5.36. The molecule has 0 saturated heterocycles. The highest BCUT2D eigenvalue weighted by Crippen LogP contribution is 2.19. The fourth-order valence-electron chi connectivity index (χ4n) is 1.59. The first-order valence-electron chi connectivity index (χ1n) is 6.43. The number of nitrogens with two attached hydrogens (primary N) is 1. The molecular formula is C13H24N4O. The normalized spacial score (nSPS) is 11.6. The molecule has 0 atom stereocenters. The number of hydrogen-bond donors (Lipinski definition) is 2. The Kier molecular flexibility index (Phi) is 4.38. The zero-order valence-electron chi connectivity index (χ0n) is 12.0. The Labute approximate surface area is 109 Å². The van der Waals surface area contributed by atoms with Gasteiger partial charge in [0.25, 0.3) is 5.91 Å². The maximum absolute atomic E-state index is 12.2. The zero-order chi connectivity index (χ0) is 13.9. The minimum atomic E-state index is -0.142. The lowest BCUT2D eigenvalue weighted by Crippen LogP contribution is -2.35. The Hall–Kier alpha value is -1.52. The Morgan fingerprint density at radius 3 is 2.56 bits per heavy atom. The van der Waals surface area contributed by atoms with Gasteiger partial charge in [-0.1, -0.05) is 20.8 Å². The number of nitrogens with zero attached hydrogens (tertiary/aromatic N) is 2. The summed E-state index contributed by atoms with van der Waals surface area (Å²) in [5, 5.41) is 7.18. The minimum absolute atomic E-state index is 0.0938. The molecule has 0 aromatic carbocycles. The molecule has 0 aliphatic rings. The summed E-state index contributed by atoms with van der Waals surface area (Å²) in [6.07, 6.45) is 1.01. The van der Waals surface area contributed by atoms with Gasteiger partial charge in [-0.15, -0.1) is 0 Å². The van der Waals surface area contributed by atoms with Crippen LogP contribution >= 0.6 is 0 Å². The van der Waals surface area contributed by atoms with Crippen molar-refractivity contribution in [2.75, 3.05) is 12.3 Å². The van der Waals surface area contributed by atoms with E-state index in [4.69, 9.17) is 5.73 Å². The van der Waals surface area contributed by atoms with Gasteiger partial charge in [0.2, 0.25) is 0 Å². The number of nitrogen functional groups attached to an aromatic ring is 1. The van der Waals surface area contributed by atoms with E-state index >= 15 is 0 Å². The van der Waals surface area contributed by atoms with Crippen LogP contribution in [0.25, 0.3) is 0 Å². The van der Waals surface area contributed by atoms with E-state index in [1.165, 1.54) is 0 Å². The lowest BCUT2D eigenvalue weighted by Gasteiger charge is -2.22. The summed E-state index contributed by atoms with van der Waals surface area (Å²) >= 11 is 0. The maximum Gasteiger partial charge on any atom is 0.271 e. The molecule has 5 nitrogen and oxygen atoms in total. The van der Waals surface area contributed by atoms with Crippen LogP contribution in [0.5, 0.6) is 0 Å². The van der Waals surface area contributed by atoms with Crippen LogP contribution in [0.15, 0.2) is 0 Å². The van der Waals surface area contributed by atoms with Crippen molar-refractivity contribution in [3.05, 3.63) is 11.4 Å². The van der Waals surface area contributed by atoms with E-state index in [1.54, 1.807) is 4.68 Å². The summed E-state index contributed by atoms with van der Waals surface area (Å²) in [6.45, 7) is 11.4. The van der Waals surface area contributed by atoms with Gasteiger partial charge in [0.1, 0.15) is 5.69 Å². The highest BCUT2D eigenvalue weighted by atomic mass is 16.2. The molecule has 1 aromatic heterocycles. The Balaban J connectivity index is 2.85. The lowest BCUT2D eigenvalue weighted by molar-refractivity contribution is 0.0926. The highest BCUT2D eigenvalue weighted by Gasteiger charge is 2.21. The second-order valence-electron chi connectivity index (χ2n) is 5.36. The highest BCUT2D eigenvalue weighted by molar-refractivity contribution is 5.97. The number of carbonyl (C=O) groups excluding carboxylic acids is 1. The molecule has 0 bridgehead atoms. The van der Waals surface area contributed by atoms with Gasteiger partial charge in [0.15, 0.2) is 0 Å². The van der Waals surface area contributed by atoms with E-state index in [0.717, 1.165) is 6.42 Å². The smallest absolute Gasteiger partial charge is 0.271 e. The van der Waals surface area contributed by atoms with Gasteiger partial charge in [-0.2, -0.15) is 5.10 Å². The van der Waals surface area contributed by atoms with Crippen molar-refractivity contribution in [1.29, 1.82) is 0 Å². The summed E-state index contributed by atoms with van der Waals surface area (Å²) in [7, 11) is 0. The molecule has 0 radical (unpaired) electrons. The molecule has 0 spiro atoms. The first-order valence-corrected chi connectivity index (χ1v) is 6.43. The van der Waals surface area contributed by atoms with Gasteiger partial charge < -0.3 is 11.1 Å². The average molecular weight is 252 g/mol. The van der Waals surface area contributed by atoms with Crippen molar-refractivity contribution in [2.24, 2.45) is 5.41 Å². The summed E-state index contributed by atoms with van der Waals surface area (Å²) in [4.78, 5) is 12.2. The number of aromatic nitrogens is 2. The summed E-state index contributed by atoms with van der Waals surface area (Å²) in [6, 6.07) is 0. The third-order valence-electron chi connectivity index (χ3n) is 3.37. The first-order chi connectivity index (χ1) is 8.32. The molecule has 1 rings (SSSR count). The molecular weight excluding hydrogens is 228 g/mol. The van der Waals surface area contributed by atoms with Crippen LogP contribution in [-0.4, -0.2) is 22.2 Å². The summed E-state index contributed by atoms with van der Waals surface area (Å²) in [5.41, 5.74) is 7.66. The van der Waals surface area contributed by atoms with Gasteiger partial charge >= 0.3 is 0 Å². The van der Waals surface area contributed by atoms with Crippen LogP contribution in [0.1, 0.15) is 50.3 Å². The topological polar surface area (TPSA) is 72.9 Å². The average Bonchev–Trinajstić information content (AvgIpc) is 2.62. The fourth-order valence-corrected chi connectivity index (χ4v) is 1.59. The minimum Gasteiger partial charge on any atom is -0.395 e. The molecule has 0 aliphatic heterocycles. The molecule has 18 heavy (non-hydrogen) atoms. The summed E-state index contributed by atoms with van der Waals surface area (Å²) in [5.74, 6) is -0.142. The molecule has 1 aromatic rings. The molecule has 0 fully saturated rings. The number of rotatable bonds is 5. The predicted octanol–water partition coefficient (Wildman–Crippen LogP) is 1.96. The number of carbonyl (C=O) groups is 1. The third-order valence-corrected chi connectivity index (χ3v) is 3.37. The molecule has 0 aliphatic carbocycles. The van der Waals surface area contributed by atoms with Gasteiger partial charge in [-0.25, -0.2) is 0 Å². The molecule has 5 heteroatoms. The van der Waals surface area contributed by atoms with E-state index in [1.807, 2.05) is 13.8 Å². The van der Waals surface area contributed by atoms with Gasteiger partial charge in [0, 0.05) is 13.1 Å². The lowest BCUT2D eigenvalue weighted by atomic mass is 9.90. The van der Waals surface area contributed by atoms with E-state index < -0.39 is 0 Å². The fraction of sp³-hybridized carbons (Fsp3) is 0.692. The molecule has 0 unspecified atom stereocenters. The molecule has 1 amide bonds. The molecule has 3 N–H and O–H groups in total. The quantitative estimate of drug-likeness (QED) is 0.841. The van der Waals surface area contributed by atoms with Gasteiger partial charge in [-0.05, 0) is 25.7 Å².